The van der Waals surface area contributed by atoms with Crippen molar-refractivity contribution >= 4 is 0 Å². The summed E-state index contributed by atoms with van der Waals surface area (Å²) in [6, 6.07) is 9.34. The highest BCUT2D eigenvalue weighted by molar-refractivity contribution is 5.23. The van der Waals surface area contributed by atoms with Crippen LogP contribution in [-0.2, 0) is 12.8 Å². The Bertz CT molecular complexity index is 403. The Labute approximate surface area is 129 Å². The van der Waals surface area contributed by atoms with Gasteiger partial charge < -0.3 is 15.1 Å². The monoisotopic (exact) mass is 287 g/mol. The molecule has 1 N–H and O–H groups in total. The molecule has 2 aliphatic rings. The van der Waals surface area contributed by atoms with E-state index in [0.717, 1.165) is 13.1 Å². The van der Waals surface area contributed by atoms with Crippen LogP contribution in [0.3, 0.4) is 0 Å². The van der Waals surface area contributed by atoms with Crippen LogP contribution in [0, 0.1) is 0 Å². The quantitative estimate of drug-likeness (QED) is 0.860. The van der Waals surface area contributed by atoms with Crippen molar-refractivity contribution in [1.82, 2.24) is 15.1 Å². The standard InChI is InChI=1S/C18H29N3/c1-2-12-20(11-1)13-7-17-3-5-18(6-4-17)8-14-21-15-9-19-10-16-21/h3-6,19H,1-2,7-16H2. The first-order valence-corrected chi connectivity index (χ1v) is 8.63. The Balaban J connectivity index is 1.40. The molecule has 2 fully saturated rings. The summed E-state index contributed by atoms with van der Waals surface area (Å²) in [4.78, 5) is 5.16. The van der Waals surface area contributed by atoms with E-state index in [0.29, 0.717) is 0 Å². The second-order valence-corrected chi connectivity index (χ2v) is 6.46. The Kier molecular flexibility index (Phi) is 5.67. The van der Waals surface area contributed by atoms with Gasteiger partial charge in [-0.05, 0) is 49.9 Å². The summed E-state index contributed by atoms with van der Waals surface area (Å²) in [7, 11) is 0. The zero-order valence-corrected chi connectivity index (χ0v) is 13.2. The lowest BCUT2D eigenvalue weighted by molar-refractivity contribution is 0.244. The molecule has 0 bridgehead atoms. The van der Waals surface area contributed by atoms with Crippen molar-refractivity contribution < 1.29 is 0 Å². The van der Waals surface area contributed by atoms with Gasteiger partial charge in [-0.1, -0.05) is 24.3 Å². The van der Waals surface area contributed by atoms with Gasteiger partial charge in [-0.3, -0.25) is 0 Å². The van der Waals surface area contributed by atoms with E-state index in [1.165, 1.54) is 76.1 Å². The normalized spacial score (nSPS) is 21.0. The van der Waals surface area contributed by atoms with Crippen molar-refractivity contribution in [2.24, 2.45) is 0 Å². The molecule has 0 spiro atoms. The molecule has 0 saturated carbocycles. The van der Waals surface area contributed by atoms with E-state index in [1.807, 2.05) is 0 Å². The molecule has 1 aromatic carbocycles. The highest BCUT2D eigenvalue weighted by atomic mass is 15.2. The first kappa shape index (κ1) is 15.0. The predicted molar refractivity (Wildman–Crippen MR) is 88.8 cm³/mol. The highest BCUT2D eigenvalue weighted by Gasteiger charge is 2.11. The molecule has 0 amide bonds. The molecular formula is C18H29N3. The average molecular weight is 287 g/mol. The van der Waals surface area contributed by atoms with Gasteiger partial charge in [-0.25, -0.2) is 0 Å². The molecule has 0 radical (unpaired) electrons. The second-order valence-electron chi connectivity index (χ2n) is 6.46. The fourth-order valence-corrected chi connectivity index (χ4v) is 3.39. The maximum absolute atomic E-state index is 3.41. The number of nitrogens with zero attached hydrogens (tertiary/aromatic N) is 2. The first-order valence-electron chi connectivity index (χ1n) is 8.63. The molecule has 2 heterocycles. The van der Waals surface area contributed by atoms with Gasteiger partial charge in [0.1, 0.15) is 0 Å². The SMILES string of the molecule is c1cc(CCN2CCNCC2)ccc1CCN1CCCC1. The van der Waals surface area contributed by atoms with Crippen LogP contribution in [0.4, 0.5) is 0 Å². The molecule has 3 heteroatoms. The van der Waals surface area contributed by atoms with Crippen LogP contribution < -0.4 is 5.32 Å². The lowest BCUT2D eigenvalue weighted by Crippen LogP contribution is -2.44. The summed E-state index contributed by atoms with van der Waals surface area (Å²) >= 11 is 0. The zero-order valence-electron chi connectivity index (χ0n) is 13.2. The van der Waals surface area contributed by atoms with E-state index in [9.17, 15) is 0 Å². The molecule has 1 aromatic rings. The van der Waals surface area contributed by atoms with Crippen molar-refractivity contribution in [3.63, 3.8) is 0 Å². The van der Waals surface area contributed by atoms with Gasteiger partial charge in [-0.2, -0.15) is 0 Å². The minimum Gasteiger partial charge on any atom is -0.314 e. The summed E-state index contributed by atoms with van der Waals surface area (Å²) in [6.07, 6.45) is 5.18. The number of benzene rings is 1. The third kappa shape index (κ3) is 4.80. The summed E-state index contributed by atoms with van der Waals surface area (Å²) in [5, 5.41) is 3.41. The number of hydrogen-bond donors (Lipinski definition) is 1. The third-order valence-corrected chi connectivity index (χ3v) is 4.86. The van der Waals surface area contributed by atoms with Gasteiger partial charge in [0.15, 0.2) is 0 Å². The van der Waals surface area contributed by atoms with Crippen LogP contribution in [0.15, 0.2) is 24.3 Å². The van der Waals surface area contributed by atoms with Gasteiger partial charge in [0.05, 0.1) is 0 Å². The number of hydrogen-bond acceptors (Lipinski definition) is 3. The van der Waals surface area contributed by atoms with Crippen LogP contribution in [0.25, 0.3) is 0 Å². The van der Waals surface area contributed by atoms with Crippen molar-refractivity contribution in [2.45, 2.75) is 25.7 Å². The van der Waals surface area contributed by atoms with Gasteiger partial charge in [0.2, 0.25) is 0 Å². The van der Waals surface area contributed by atoms with Gasteiger partial charge in [0, 0.05) is 39.3 Å². The van der Waals surface area contributed by atoms with Crippen molar-refractivity contribution in [2.75, 3.05) is 52.4 Å². The van der Waals surface area contributed by atoms with Crippen molar-refractivity contribution in [1.29, 1.82) is 0 Å². The lowest BCUT2D eigenvalue weighted by atomic mass is 10.1. The molecule has 3 rings (SSSR count). The van der Waals surface area contributed by atoms with Crippen LogP contribution in [0.5, 0.6) is 0 Å². The van der Waals surface area contributed by atoms with E-state index >= 15 is 0 Å². The summed E-state index contributed by atoms with van der Waals surface area (Å²) in [5.41, 5.74) is 2.98. The zero-order chi connectivity index (χ0) is 14.3. The van der Waals surface area contributed by atoms with E-state index in [4.69, 9.17) is 0 Å². The largest absolute Gasteiger partial charge is 0.314 e. The Morgan fingerprint density at radius 3 is 1.71 bits per heavy atom. The molecule has 0 unspecified atom stereocenters. The lowest BCUT2D eigenvalue weighted by Gasteiger charge is -2.27. The number of rotatable bonds is 6. The first-order chi connectivity index (χ1) is 10.4. The van der Waals surface area contributed by atoms with Crippen LogP contribution in [0.2, 0.25) is 0 Å². The molecule has 0 aromatic heterocycles. The van der Waals surface area contributed by atoms with Crippen LogP contribution in [-0.4, -0.2) is 62.2 Å². The average Bonchev–Trinajstić information content (AvgIpc) is 3.06. The molecule has 21 heavy (non-hydrogen) atoms. The van der Waals surface area contributed by atoms with Gasteiger partial charge in [0.25, 0.3) is 0 Å². The minimum absolute atomic E-state index is 1.15. The van der Waals surface area contributed by atoms with Gasteiger partial charge in [-0.15, -0.1) is 0 Å². The van der Waals surface area contributed by atoms with E-state index in [1.54, 1.807) is 0 Å². The number of piperazine rings is 1. The summed E-state index contributed by atoms with van der Waals surface area (Å²) < 4.78 is 0. The number of nitrogens with one attached hydrogen (secondary N) is 1. The molecule has 0 atom stereocenters. The summed E-state index contributed by atoms with van der Waals surface area (Å²) in [6.45, 7) is 9.76. The minimum atomic E-state index is 1.15. The fourth-order valence-electron chi connectivity index (χ4n) is 3.39. The van der Waals surface area contributed by atoms with E-state index < -0.39 is 0 Å². The number of likely N-dealkylation sites (tertiary alicyclic amines) is 1. The van der Waals surface area contributed by atoms with E-state index in [-0.39, 0.29) is 0 Å². The van der Waals surface area contributed by atoms with E-state index in [2.05, 4.69) is 39.4 Å². The smallest absolute Gasteiger partial charge is 0.0108 e. The Morgan fingerprint density at radius 1 is 0.714 bits per heavy atom. The van der Waals surface area contributed by atoms with Crippen molar-refractivity contribution in [3.05, 3.63) is 35.4 Å². The van der Waals surface area contributed by atoms with Crippen molar-refractivity contribution in [3.8, 4) is 0 Å². The molecule has 3 nitrogen and oxygen atoms in total. The highest BCUT2D eigenvalue weighted by Crippen LogP contribution is 2.11. The third-order valence-electron chi connectivity index (χ3n) is 4.86. The molecule has 116 valence electrons. The predicted octanol–water partition coefficient (Wildman–Crippen LogP) is 1.77. The van der Waals surface area contributed by atoms with Gasteiger partial charge >= 0.3 is 0 Å². The second kappa shape index (κ2) is 7.92. The molecular weight excluding hydrogens is 258 g/mol. The molecule has 2 aliphatic heterocycles. The molecule has 2 saturated heterocycles. The maximum Gasteiger partial charge on any atom is 0.0108 e. The Hall–Kier alpha value is -0.900. The maximum atomic E-state index is 3.41. The summed E-state index contributed by atoms with van der Waals surface area (Å²) in [5.74, 6) is 0. The fraction of sp³-hybridized carbons (Fsp3) is 0.667. The molecule has 0 aliphatic carbocycles. The van der Waals surface area contributed by atoms with Crippen LogP contribution >= 0.6 is 0 Å². The topological polar surface area (TPSA) is 18.5 Å². The Morgan fingerprint density at radius 2 is 1.19 bits per heavy atom. The van der Waals surface area contributed by atoms with Crippen LogP contribution in [0.1, 0.15) is 24.0 Å².